The Morgan fingerprint density at radius 1 is 0.971 bits per heavy atom. The summed E-state index contributed by atoms with van der Waals surface area (Å²) in [6.45, 7) is 5.86. The summed E-state index contributed by atoms with van der Waals surface area (Å²) in [4.78, 5) is 20.7. The molecule has 0 aliphatic carbocycles. The number of aryl methyl sites for hydroxylation is 1. The molecule has 9 nitrogen and oxygen atoms in total. The fourth-order valence-corrected chi connectivity index (χ4v) is 3.21. The lowest BCUT2D eigenvalue weighted by Crippen LogP contribution is -2.20. The second kappa shape index (κ2) is 10.0. The number of hydrogen-bond acceptors (Lipinski definition) is 7. The highest BCUT2D eigenvalue weighted by Gasteiger charge is 2.12. The summed E-state index contributed by atoms with van der Waals surface area (Å²) in [6.07, 6.45) is 1.44. The summed E-state index contributed by atoms with van der Waals surface area (Å²) in [7, 11) is 1.57. The van der Waals surface area contributed by atoms with Gasteiger partial charge in [0.05, 0.1) is 12.8 Å². The van der Waals surface area contributed by atoms with E-state index in [1.165, 1.54) is 6.33 Å². The Bertz CT molecular complexity index is 1300. The van der Waals surface area contributed by atoms with Gasteiger partial charge in [0.1, 0.15) is 23.6 Å². The van der Waals surface area contributed by atoms with Crippen LogP contribution in [-0.4, -0.2) is 39.4 Å². The van der Waals surface area contributed by atoms with E-state index in [0.29, 0.717) is 34.6 Å². The maximum absolute atomic E-state index is 12.2. The molecule has 1 amide bonds. The van der Waals surface area contributed by atoms with Crippen LogP contribution in [0.3, 0.4) is 0 Å². The van der Waals surface area contributed by atoms with Crippen molar-refractivity contribution in [3.8, 4) is 28.9 Å². The number of carbonyl (C=O) groups is 1. The molecule has 2 heterocycles. The van der Waals surface area contributed by atoms with E-state index in [0.717, 1.165) is 17.0 Å². The van der Waals surface area contributed by atoms with Gasteiger partial charge in [0.25, 0.3) is 5.91 Å². The molecule has 4 rings (SSSR count). The Hall–Kier alpha value is -4.40. The average molecular weight is 460 g/mol. The van der Waals surface area contributed by atoms with Crippen LogP contribution in [0.1, 0.15) is 17.0 Å². The number of rotatable bonds is 8. The van der Waals surface area contributed by atoms with Gasteiger partial charge in [-0.25, -0.2) is 14.6 Å². The molecule has 2 aromatic carbocycles. The normalized spacial score (nSPS) is 10.6. The Kier molecular flexibility index (Phi) is 6.72. The molecule has 0 fully saturated rings. The van der Waals surface area contributed by atoms with Crippen LogP contribution in [0.25, 0.3) is 5.82 Å². The summed E-state index contributed by atoms with van der Waals surface area (Å²) in [6, 6.07) is 15.8. The molecule has 34 heavy (non-hydrogen) atoms. The highest BCUT2D eigenvalue weighted by atomic mass is 16.5. The van der Waals surface area contributed by atoms with E-state index in [1.54, 1.807) is 66.4 Å². The number of ether oxygens (including phenoxy) is 3. The summed E-state index contributed by atoms with van der Waals surface area (Å²) in [5.74, 6) is 2.52. The Morgan fingerprint density at radius 2 is 1.74 bits per heavy atom. The van der Waals surface area contributed by atoms with Gasteiger partial charge in [0.15, 0.2) is 12.4 Å². The van der Waals surface area contributed by atoms with Crippen LogP contribution >= 0.6 is 0 Å². The number of benzene rings is 2. The summed E-state index contributed by atoms with van der Waals surface area (Å²) in [5.41, 5.74) is 3.70. The van der Waals surface area contributed by atoms with Gasteiger partial charge in [-0.15, -0.1) is 0 Å². The van der Waals surface area contributed by atoms with Gasteiger partial charge in [-0.1, -0.05) is 6.07 Å². The SMILES string of the molecule is COc1cccc(OCC(=O)Nc2ccc(Oc3cc(-n4nc(C)c(C)c4C)ncn3)cc2)c1. The van der Waals surface area contributed by atoms with Crippen LogP contribution in [-0.2, 0) is 4.79 Å². The third-order valence-electron chi connectivity index (χ3n) is 5.27. The lowest BCUT2D eigenvalue weighted by molar-refractivity contribution is -0.118. The molecule has 1 N–H and O–H groups in total. The number of anilines is 1. The highest BCUT2D eigenvalue weighted by molar-refractivity contribution is 5.91. The van der Waals surface area contributed by atoms with Crippen molar-refractivity contribution < 1.29 is 19.0 Å². The lowest BCUT2D eigenvalue weighted by atomic mass is 10.2. The zero-order valence-corrected chi connectivity index (χ0v) is 19.4. The number of carbonyl (C=O) groups excluding carboxylic acids is 1. The number of nitrogens with one attached hydrogen (secondary N) is 1. The zero-order valence-electron chi connectivity index (χ0n) is 19.4. The van der Waals surface area contributed by atoms with E-state index in [9.17, 15) is 4.79 Å². The Morgan fingerprint density at radius 3 is 2.44 bits per heavy atom. The van der Waals surface area contributed by atoms with Gasteiger partial charge in [-0.05, 0) is 62.7 Å². The Labute approximate surface area is 197 Å². The van der Waals surface area contributed by atoms with Crippen molar-refractivity contribution in [2.75, 3.05) is 19.0 Å². The summed E-state index contributed by atoms with van der Waals surface area (Å²) in [5, 5.41) is 7.31. The fourth-order valence-electron chi connectivity index (χ4n) is 3.21. The molecule has 0 bridgehead atoms. The third-order valence-corrected chi connectivity index (χ3v) is 5.27. The molecular weight excluding hydrogens is 434 g/mol. The second-order valence-electron chi connectivity index (χ2n) is 7.56. The first-order chi connectivity index (χ1) is 16.4. The first-order valence-electron chi connectivity index (χ1n) is 10.6. The minimum Gasteiger partial charge on any atom is -0.497 e. The van der Waals surface area contributed by atoms with Gasteiger partial charge < -0.3 is 19.5 Å². The van der Waals surface area contributed by atoms with E-state index in [1.807, 2.05) is 20.8 Å². The van der Waals surface area contributed by atoms with E-state index in [2.05, 4.69) is 20.4 Å². The molecule has 0 saturated heterocycles. The average Bonchev–Trinajstić information content (AvgIpc) is 3.11. The summed E-state index contributed by atoms with van der Waals surface area (Å²) < 4.78 is 18.3. The number of nitrogens with zero attached hydrogens (tertiary/aromatic N) is 4. The van der Waals surface area contributed by atoms with Crippen LogP contribution in [0.15, 0.2) is 60.9 Å². The van der Waals surface area contributed by atoms with Crippen LogP contribution < -0.4 is 19.5 Å². The van der Waals surface area contributed by atoms with Crippen molar-refractivity contribution in [3.63, 3.8) is 0 Å². The van der Waals surface area contributed by atoms with Gasteiger partial charge in [-0.2, -0.15) is 5.10 Å². The highest BCUT2D eigenvalue weighted by Crippen LogP contribution is 2.24. The van der Waals surface area contributed by atoms with Crippen LogP contribution in [0.5, 0.6) is 23.1 Å². The van der Waals surface area contributed by atoms with Gasteiger partial charge in [0, 0.05) is 23.5 Å². The number of aromatic nitrogens is 4. The molecule has 0 spiro atoms. The fraction of sp³-hybridized carbons (Fsp3) is 0.200. The second-order valence-corrected chi connectivity index (χ2v) is 7.56. The number of methoxy groups -OCH3 is 1. The summed E-state index contributed by atoms with van der Waals surface area (Å²) >= 11 is 0. The molecule has 0 atom stereocenters. The van der Waals surface area contributed by atoms with Gasteiger partial charge in [-0.3, -0.25) is 4.79 Å². The van der Waals surface area contributed by atoms with Crippen LogP contribution in [0, 0.1) is 20.8 Å². The zero-order chi connectivity index (χ0) is 24.1. The molecule has 0 saturated carbocycles. The first-order valence-corrected chi connectivity index (χ1v) is 10.6. The van der Waals surface area contributed by atoms with Crippen molar-refractivity contribution in [1.29, 1.82) is 0 Å². The molecule has 4 aromatic rings. The standard InChI is InChI=1S/C25H25N5O4/c1-16-17(2)29-30(18(16)3)23-13-25(27-15-26-23)34-20-10-8-19(9-11-20)28-24(31)14-33-22-7-5-6-21(12-22)32-4/h5-13,15H,14H2,1-4H3,(H,28,31). The Balaban J connectivity index is 1.35. The van der Waals surface area contributed by atoms with Crippen molar-refractivity contribution in [1.82, 2.24) is 19.7 Å². The van der Waals surface area contributed by atoms with Crippen molar-refractivity contribution >= 4 is 11.6 Å². The van der Waals surface area contributed by atoms with Crippen LogP contribution in [0.4, 0.5) is 5.69 Å². The van der Waals surface area contributed by atoms with E-state index >= 15 is 0 Å². The molecular formula is C25H25N5O4. The quantitative estimate of drug-likeness (QED) is 0.417. The molecule has 2 aromatic heterocycles. The minimum absolute atomic E-state index is 0.124. The molecule has 9 heteroatoms. The van der Waals surface area contributed by atoms with E-state index in [4.69, 9.17) is 14.2 Å². The number of amides is 1. The van der Waals surface area contributed by atoms with Crippen LogP contribution in [0.2, 0.25) is 0 Å². The van der Waals surface area contributed by atoms with Crippen molar-refractivity contribution in [2.24, 2.45) is 0 Å². The van der Waals surface area contributed by atoms with E-state index < -0.39 is 0 Å². The van der Waals surface area contributed by atoms with Crippen molar-refractivity contribution in [2.45, 2.75) is 20.8 Å². The maximum atomic E-state index is 12.2. The maximum Gasteiger partial charge on any atom is 0.262 e. The molecule has 0 aliphatic heterocycles. The predicted molar refractivity (Wildman–Crippen MR) is 127 cm³/mol. The van der Waals surface area contributed by atoms with Gasteiger partial charge in [0.2, 0.25) is 5.88 Å². The molecule has 0 aliphatic rings. The smallest absolute Gasteiger partial charge is 0.262 e. The third kappa shape index (κ3) is 5.32. The topological polar surface area (TPSA) is 100 Å². The van der Waals surface area contributed by atoms with Crippen molar-refractivity contribution in [3.05, 3.63) is 77.9 Å². The van der Waals surface area contributed by atoms with E-state index in [-0.39, 0.29) is 12.5 Å². The minimum atomic E-state index is -0.280. The molecule has 174 valence electrons. The first kappa shape index (κ1) is 22.8. The predicted octanol–water partition coefficient (Wildman–Crippen LogP) is 4.41. The number of hydrogen-bond donors (Lipinski definition) is 1. The largest absolute Gasteiger partial charge is 0.497 e. The van der Waals surface area contributed by atoms with Gasteiger partial charge >= 0.3 is 0 Å². The molecule has 0 radical (unpaired) electrons. The lowest BCUT2D eigenvalue weighted by Gasteiger charge is -2.10. The molecule has 0 unspecified atom stereocenters. The monoisotopic (exact) mass is 459 g/mol.